The fourth-order valence-electron chi connectivity index (χ4n) is 4.12. The number of benzene rings is 3. The van der Waals surface area contributed by atoms with Crippen molar-refractivity contribution in [2.45, 2.75) is 78.1 Å². The third kappa shape index (κ3) is 11.6. The van der Waals surface area contributed by atoms with Gasteiger partial charge in [0.15, 0.2) is 0 Å². The smallest absolute Gasteiger partial charge is 0.343 e. The molecule has 0 heterocycles. The highest BCUT2D eigenvalue weighted by Gasteiger charge is 2.14. The number of carbonyl (C=O) groups excluding carboxylic acids is 2. The van der Waals surface area contributed by atoms with Crippen molar-refractivity contribution < 1.29 is 28.5 Å². The first-order chi connectivity index (χ1) is 20.0. The van der Waals surface area contributed by atoms with Crippen molar-refractivity contribution in [2.24, 2.45) is 0 Å². The van der Waals surface area contributed by atoms with Crippen molar-refractivity contribution in [2.75, 3.05) is 13.2 Å². The number of esters is 2. The molecule has 0 spiro atoms. The molecule has 0 bridgehead atoms. The van der Waals surface area contributed by atoms with E-state index in [4.69, 9.17) is 18.9 Å². The Kier molecular flexibility index (Phi) is 14.3. The van der Waals surface area contributed by atoms with Gasteiger partial charge in [-0.05, 0) is 95.5 Å². The van der Waals surface area contributed by atoms with Crippen LogP contribution in [0.15, 0.2) is 71.2 Å². The molecular formula is C34H41BrO6. The molecule has 6 nitrogen and oxygen atoms in total. The number of rotatable bonds is 18. The molecule has 41 heavy (non-hydrogen) atoms. The SMILES string of the molecule is CCCCCCCCOc1cc(C(=O)Oc2ccc(C(=O)Oc3ccc(OCCCCCC)cc3)cc2)ccc1Br. The van der Waals surface area contributed by atoms with Gasteiger partial charge in [-0.1, -0.05) is 65.2 Å². The van der Waals surface area contributed by atoms with E-state index in [-0.39, 0.29) is 0 Å². The van der Waals surface area contributed by atoms with Gasteiger partial charge < -0.3 is 18.9 Å². The lowest BCUT2D eigenvalue weighted by Crippen LogP contribution is -2.10. The van der Waals surface area contributed by atoms with Crippen LogP contribution in [0.4, 0.5) is 0 Å². The molecule has 3 aromatic rings. The minimum absolute atomic E-state index is 0.324. The van der Waals surface area contributed by atoms with E-state index in [9.17, 15) is 9.59 Å². The summed E-state index contributed by atoms with van der Waals surface area (Å²) < 4.78 is 23.4. The summed E-state index contributed by atoms with van der Waals surface area (Å²) in [6, 6.07) is 18.4. The highest BCUT2D eigenvalue weighted by Crippen LogP contribution is 2.27. The first-order valence-electron chi connectivity index (χ1n) is 14.7. The fourth-order valence-corrected chi connectivity index (χ4v) is 4.48. The van der Waals surface area contributed by atoms with Gasteiger partial charge in [-0.25, -0.2) is 9.59 Å². The summed E-state index contributed by atoms with van der Waals surface area (Å²) in [5.41, 5.74) is 0.720. The van der Waals surface area contributed by atoms with E-state index >= 15 is 0 Å². The van der Waals surface area contributed by atoms with Crippen LogP contribution in [0.2, 0.25) is 0 Å². The van der Waals surface area contributed by atoms with Crippen molar-refractivity contribution >= 4 is 27.9 Å². The third-order valence-corrected chi connectivity index (χ3v) is 7.18. The largest absolute Gasteiger partial charge is 0.494 e. The maximum Gasteiger partial charge on any atom is 0.343 e. The number of hydrogen-bond donors (Lipinski definition) is 0. The van der Waals surface area contributed by atoms with Crippen LogP contribution in [0.5, 0.6) is 23.0 Å². The van der Waals surface area contributed by atoms with Crippen molar-refractivity contribution in [3.8, 4) is 23.0 Å². The van der Waals surface area contributed by atoms with Crippen molar-refractivity contribution in [3.05, 3.63) is 82.3 Å². The lowest BCUT2D eigenvalue weighted by atomic mass is 10.1. The molecular weight excluding hydrogens is 584 g/mol. The summed E-state index contributed by atoms with van der Waals surface area (Å²) in [6.07, 6.45) is 11.6. The maximum atomic E-state index is 12.8. The molecule has 0 aliphatic rings. The van der Waals surface area contributed by atoms with Crippen LogP contribution in [-0.2, 0) is 0 Å². The highest BCUT2D eigenvalue weighted by atomic mass is 79.9. The normalized spacial score (nSPS) is 10.7. The molecule has 0 atom stereocenters. The van der Waals surface area contributed by atoms with Gasteiger partial charge in [0, 0.05) is 0 Å². The Morgan fingerprint density at radius 2 is 1.02 bits per heavy atom. The van der Waals surface area contributed by atoms with E-state index in [0.717, 1.165) is 35.9 Å². The van der Waals surface area contributed by atoms with Gasteiger partial charge in [0.2, 0.25) is 0 Å². The number of ether oxygens (including phenoxy) is 4. The van der Waals surface area contributed by atoms with Crippen molar-refractivity contribution in [3.63, 3.8) is 0 Å². The van der Waals surface area contributed by atoms with Crippen molar-refractivity contribution in [1.29, 1.82) is 0 Å². The van der Waals surface area contributed by atoms with Crippen LogP contribution < -0.4 is 18.9 Å². The fraction of sp³-hybridized carbons (Fsp3) is 0.412. The molecule has 0 fully saturated rings. The second-order valence-electron chi connectivity index (χ2n) is 9.95. The first kappa shape index (κ1) is 32.2. The quantitative estimate of drug-likeness (QED) is 0.0797. The minimum Gasteiger partial charge on any atom is -0.494 e. The van der Waals surface area contributed by atoms with E-state index in [1.807, 2.05) is 0 Å². The number of halogens is 1. The van der Waals surface area contributed by atoms with E-state index < -0.39 is 11.9 Å². The highest BCUT2D eigenvalue weighted by molar-refractivity contribution is 9.10. The molecule has 0 saturated heterocycles. The number of carbonyl (C=O) groups is 2. The molecule has 0 amide bonds. The van der Waals surface area contributed by atoms with Crippen LogP contribution in [0.25, 0.3) is 0 Å². The Labute approximate surface area is 252 Å². The van der Waals surface area contributed by atoms with Crippen LogP contribution in [-0.4, -0.2) is 25.2 Å². The predicted octanol–water partition coefficient (Wildman–Crippen LogP) is 9.59. The monoisotopic (exact) mass is 624 g/mol. The summed E-state index contributed by atoms with van der Waals surface area (Å²) in [5, 5.41) is 0. The van der Waals surface area contributed by atoms with Gasteiger partial charge in [-0.15, -0.1) is 0 Å². The van der Waals surface area contributed by atoms with Crippen LogP contribution in [0.3, 0.4) is 0 Å². The second kappa shape index (κ2) is 18.2. The number of unbranched alkanes of at least 4 members (excludes halogenated alkanes) is 8. The standard InChI is InChI=1S/C34H41BrO6/c1-3-5-7-9-10-12-24-39-32-25-27(15-22-31(32)35)34(37)41-29-16-13-26(14-17-29)33(36)40-30-20-18-28(19-21-30)38-23-11-8-6-4-2/h13-22,25H,3-12,23-24H2,1-2H3. The van der Waals surface area contributed by atoms with Gasteiger partial charge in [0.05, 0.1) is 28.8 Å². The Hall–Kier alpha value is -3.32. The lowest BCUT2D eigenvalue weighted by molar-refractivity contribution is 0.0730. The Morgan fingerprint density at radius 1 is 0.561 bits per heavy atom. The predicted molar refractivity (Wildman–Crippen MR) is 165 cm³/mol. The Bertz CT molecular complexity index is 1210. The molecule has 7 heteroatoms. The average Bonchev–Trinajstić information content (AvgIpc) is 2.98. The summed E-state index contributed by atoms with van der Waals surface area (Å²) in [5.74, 6) is 1.09. The van der Waals surface area contributed by atoms with Gasteiger partial charge in [-0.2, -0.15) is 0 Å². The molecule has 0 N–H and O–H groups in total. The topological polar surface area (TPSA) is 71.1 Å². The molecule has 3 aromatic carbocycles. The van der Waals surface area contributed by atoms with Gasteiger partial charge in [-0.3, -0.25) is 0 Å². The lowest BCUT2D eigenvalue weighted by Gasteiger charge is -2.11. The summed E-state index contributed by atoms with van der Waals surface area (Å²) in [4.78, 5) is 25.3. The van der Waals surface area contributed by atoms with Gasteiger partial charge in [0.1, 0.15) is 23.0 Å². The number of hydrogen-bond acceptors (Lipinski definition) is 6. The van der Waals surface area contributed by atoms with Gasteiger partial charge in [0.25, 0.3) is 0 Å². The molecule has 3 rings (SSSR count). The van der Waals surface area contributed by atoms with Crippen LogP contribution in [0, 0.1) is 0 Å². The summed E-state index contributed by atoms with van der Waals surface area (Å²) in [6.45, 7) is 5.65. The molecule has 0 radical (unpaired) electrons. The van der Waals surface area contributed by atoms with E-state index in [1.165, 1.54) is 38.5 Å². The van der Waals surface area contributed by atoms with Crippen molar-refractivity contribution in [1.82, 2.24) is 0 Å². The van der Waals surface area contributed by atoms with Crippen LogP contribution >= 0.6 is 15.9 Å². The Balaban J connectivity index is 1.46. The molecule has 0 aliphatic carbocycles. The van der Waals surface area contributed by atoms with E-state index in [0.29, 0.717) is 41.6 Å². The zero-order valence-corrected chi connectivity index (χ0v) is 25.7. The first-order valence-corrected chi connectivity index (χ1v) is 15.5. The molecule has 0 aliphatic heterocycles. The third-order valence-electron chi connectivity index (χ3n) is 6.52. The second-order valence-corrected chi connectivity index (χ2v) is 10.8. The van der Waals surface area contributed by atoms with E-state index in [1.54, 1.807) is 66.7 Å². The molecule has 0 aromatic heterocycles. The molecule has 0 saturated carbocycles. The zero-order chi connectivity index (χ0) is 29.3. The average molecular weight is 626 g/mol. The Morgan fingerprint density at radius 3 is 1.66 bits per heavy atom. The zero-order valence-electron chi connectivity index (χ0n) is 24.2. The van der Waals surface area contributed by atoms with E-state index in [2.05, 4.69) is 29.8 Å². The summed E-state index contributed by atoms with van der Waals surface area (Å²) >= 11 is 3.49. The molecule has 0 unspecified atom stereocenters. The molecule has 220 valence electrons. The minimum atomic E-state index is -0.509. The summed E-state index contributed by atoms with van der Waals surface area (Å²) in [7, 11) is 0. The maximum absolute atomic E-state index is 12.8. The van der Waals surface area contributed by atoms with Gasteiger partial charge >= 0.3 is 11.9 Å². The van der Waals surface area contributed by atoms with Crippen LogP contribution in [0.1, 0.15) is 98.8 Å².